The molecular weight excluding hydrogens is 283 g/mol. The maximum atomic E-state index is 12.2. The third kappa shape index (κ3) is 3.00. The van der Waals surface area contributed by atoms with Crippen molar-refractivity contribution in [2.75, 3.05) is 11.1 Å². The minimum atomic E-state index is -0.314. The van der Waals surface area contributed by atoms with Gasteiger partial charge in [0.1, 0.15) is 0 Å². The van der Waals surface area contributed by atoms with Gasteiger partial charge in [-0.1, -0.05) is 40.9 Å². The molecule has 0 aromatic heterocycles. The predicted molar refractivity (Wildman–Crippen MR) is 80.0 cm³/mol. The molecule has 0 bridgehead atoms. The summed E-state index contributed by atoms with van der Waals surface area (Å²) in [6.45, 7) is 1.89. The van der Waals surface area contributed by atoms with E-state index in [1.807, 2.05) is 13.0 Å². The molecule has 0 saturated carbocycles. The molecule has 2 rings (SSSR count). The van der Waals surface area contributed by atoms with Crippen LogP contribution in [0.3, 0.4) is 0 Å². The molecule has 3 nitrogen and oxygen atoms in total. The van der Waals surface area contributed by atoms with Gasteiger partial charge >= 0.3 is 0 Å². The molecule has 0 fully saturated rings. The van der Waals surface area contributed by atoms with E-state index in [-0.39, 0.29) is 5.91 Å². The number of carbonyl (C=O) groups excluding carboxylic acids is 1. The largest absolute Gasteiger partial charge is 0.398 e. The monoisotopic (exact) mass is 294 g/mol. The van der Waals surface area contributed by atoms with Gasteiger partial charge < -0.3 is 11.1 Å². The Bertz CT molecular complexity index is 641. The first-order chi connectivity index (χ1) is 8.99. The third-order valence-corrected chi connectivity index (χ3v) is 3.47. The van der Waals surface area contributed by atoms with Crippen molar-refractivity contribution in [3.8, 4) is 0 Å². The van der Waals surface area contributed by atoms with Gasteiger partial charge in [-0.2, -0.15) is 0 Å². The van der Waals surface area contributed by atoms with Gasteiger partial charge in [0.2, 0.25) is 0 Å². The molecule has 0 spiro atoms. The molecule has 0 aliphatic heterocycles. The Morgan fingerprint density at radius 1 is 1.21 bits per heavy atom. The first-order valence-electron chi connectivity index (χ1n) is 5.60. The van der Waals surface area contributed by atoms with Gasteiger partial charge in [-0.15, -0.1) is 0 Å². The molecule has 2 aromatic rings. The lowest BCUT2D eigenvalue weighted by Gasteiger charge is -2.10. The Morgan fingerprint density at radius 2 is 1.95 bits per heavy atom. The van der Waals surface area contributed by atoms with E-state index < -0.39 is 0 Å². The van der Waals surface area contributed by atoms with Crippen LogP contribution in [0.15, 0.2) is 36.4 Å². The van der Waals surface area contributed by atoms with Gasteiger partial charge in [0, 0.05) is 5.69 Å². The molecule has 0 radical (unpaired) electrons. The lowest BCUT2D eigenvalue weighted by molar-refractivity contribution is 0.102. The van der Waals surface area contributed by atoms with Crippen LogP contribution in [0.1, 0.15) is 15.9 Å². The van der Waals surface area contributed by atoms with E-state index in [0.717, 1.165) is 5.56 Å². The number of rotatable bonds is 2. The number of nitrogen functional groups attached to an aromatic ring is 1. The summed E-state index contributed by atoms with van der Waals surface area (Å²) in [6.07, 6.45) is 0. The Hall–Kier alpha value is -1.71. The first kappa shape index (κ1) is 13.7. The van der Waals surface area contributed by atoms with Crippen LogP contribution in [0, 0.1) is 6.92 Å². The Labute approximate surface area is 121 Å². The van der Waals surface area contributed by atoms with Gasteiger partial charge in [0.05, 0.1) is 21.3 Å². The molecular formula is C14H12Cl2N2O. The number of carbonyl (C=O) groups is 1. The predicted octanol–water partition coefficient (Wildman–Crippen LogP) is 4.14. The summed E-state index contributed by atoms with van der Waals surface area (Å²) in [5, 5.41) is 3.39. The standard InChI is InChI=1S/C14H12Cl2N2O/c1-8-5-6-11(17)9(7-8)14(19)18-12-4-2-3-10(15)13(12)16/h2-7H,17H2,1H3,(H,18,19). The van der Waals surface area contributed by atoms with E-state index in [1.165, 1.54) is 0 Å². The van der Waals surface area contributed by atoms with Crippen molar-refractivity contribution in [1.82, 2.24) is 0 Å². The molecule has 0 atom stereocenters. The zero-order valence-electron chi connectivity index (χ0n) is 10.2. The van der Waals surface area contributed by atoms with E-state index >= 15 is 0 Å². The summed E-state index contributed by atoms with van der Waals surface area (Å²) in [5.41, 5.74) is 8.04. The van der Waals surface area contributed by atoms with Crippen LogP contribution >= 0.6 is 23.2 Å². The van der Waals surface area contributed by atoms with Gasteiger partial charge in [-0.25, -0.2) is 0 Å². The van der Waals surface area contributed by atoms with Crippen LogP contribution in [0.5, 0.6) is 0 Å². The summed E-state index contributed by atoms with van der Waals surface area (Å²) < 4.78 is 0. The molecule has 2 aromatic carbocycles. The molecule has 1 amide bonds. The van der Waals surface area contributed by atoms with E-state index in [9.17, 15) is 4.79 Å². The lowest BCUT2D eigenvalue weighted by Crippen LogP contribution is -2.14. The van der Waals surface area contributed by atoms with Gasteiger partial charge in [-0.3, -0.25) is 4.79 Å². The minimum absolute atomic E-state index is 0.309. The average Bonchev–Trinajstić information content (AvgIpc) is 2.38. The fourth-order valence-corrected chi connectivity index (χ4v) is 2.00. The number of anilines is 2. The lowest BCUT2D eigenvalue weighted by atomic mass is 10.1. The SMILES string of the molecule is Cc1ccc(N)c(C(=O)Nc2cccc(Cl)c2Cl)c1. The molecule has 0 aliphatic carbocycles. The number of amides is 1. The summed E-state index contributed by atoms with van der Waals surface area (Å²) >= 11 is 11.9. The van der Waals surface area contributed by atoms with Crippen molar-refractivity contribution in [2.24, 2.45) is 0 Å². The van der Waals surface area contributed by atoms with E-state index in [4.69, 9.17) is 28.9 Å². The van der Waals surface area contributed by atoms with Crippen molar-refractivity contribution in [3.63, 3.8) is 0 Å². The molecule has 19 heavy (non-hydrogen) atoms. The molecule has 98 valence electrons. The van der Waals surface area contributed by atoms with Crippen molar-refractivity contribution >= 4 is 40.5 Å². The highest BCUT2D eigenvalue weighted by Crippen LogP contribution is 2.30. The Kier molecular flexibility index (Phi) is 3.98. The first-order valence-corrected chi connectivity index (χ1v) is 6.36. The van der Waals surface area contributed by atoms with Crippen LogP contribution in [0.2, 0.25) is 10.0 Å². The smallest absolute Gasteiger partial charge is 0.257 e. The second kappa shape index (κ2) is 5.51. The maximum absolute atomic E-state index is 12.2. The molecule has 0 unspecified atom stereocenters. The minimum Gasteiger partial charge on any atom is -0.398 e. The number of benzene rings is 2. The number of hydrogen-bond acceptors (Lipinski definition) is 2. The van der Waals surface area contributed by atoms with Crippen molar-refractivity contribution < 1.29 is 4.79 Å². The number of nitrogens with two attached hydrogens (primary N) is 1. The summed E-state index contributed by atoms with van der Waals surface area (Å²) in [4.78, 5) is 12.2. The van der Waals surface area contributed by atoms with Crippen LogP contribution in [0.4, 0.5) is 11.4 Å². The topological polar surface area (TPSA) is 55.1 Å². The van der Waals surface area contributed by atoms with Crippen LogP contribution < -0.4 is 11.1 Å². The fourth-order valence-electron chi connectivity index (χ4n) is 1.66. The van der Waals surface area contributed by atoms with E-state index in [1.54, 1.807) is 30.3 Å². The molecule has 3 N–H and O–H groups in total. The molecule has 5 heteroatoms. The Morgan fingerprint density at radius 3 is 2.68 bits per heavy atom. The summed E-state index contributed by atoms with van der Waals surface area (Å²) in [5.74, 6) is -0.314. The van der Waals surface area contributed by atoms with Crippen LogP contribution in [-0.2, 0) is 0 Å². The van der Waals surface area contributed by atoms with E-state index in [2.05, 4.69) is 5.32 Å². The zero-order valence-corrected chi connectivity index (χ0v) is 11.7. The van der Waals surface area contributed by atoms with E-state index in [0.29, 0.717) is 27.0 Å². The number of hydrogen-bond donors (Lipinski definition) is 2. The highest BCUT2D eigenvalue weighted by Gasteiger charge is 2.12. The second-order valence-corrected chi connectivity index (χ2v) is 4.93. The zero-order chi connectivity index (χ0) is 14.0. The third-order valence-electron chi connectivity index (χ3n) is 2.65. The highest BCUT2D eigenvalue weighted by atomic mass is 35.5. The summed E-state index contributed by atoms with van der Waals surface area (Å²) in [6, 6.07) is 10.3. The average molecular weight is 295 g/mol. The van der Waals surface area contributed by atoms with Crippen molar-refractivity contribution in [2.45, 2.75) is 6.92 Å². The number of nitrogens with one attached hydrogen (secondary N) is 1. The van der Waals surface area contributed by atoms with Crippen molar-refractivity contribution in [1.29, 1.82) is 0 Å². The quantitative estimate of drug-likeness (QED) is 0.818. The molecule has 0 saturated heterocycles. The Balaban J connectivity index is 2.31. The molecule has 0 heterocycles. The number of halogens is 2. The second-order valence-electron chi connectivity index (χ2n) is 4.15. The van der Waals surface area contributed by atoms with Crippen LogP contribution in [0.25, 0.3) is 0 Å². The molecule has 0 aliphatic rings. The highest BCUT2D eigenvalue weighted by molar-refractivity contribution is 6.44. The number of aryl methyl sites for hydroxylation is 1. The van der Waals surface area contributed by atoms with Crippen molar-refractivity contribution in [3.05, 3.63) is 57.6 Å². The van der Waals surface area contributed by atoms with Crippen LogP contribution in [-0.4, -0.2) is 5.91 Å². The van der Waals surface area contributed by atoms with Gasteiger partial charge in [0.15, 0.2) is 0 Å². The van der Waals surface area contributed by atoms with Gasteiger partial charge in [0.25, 0.3) is 5.91 Å². The van der Waals surface area contributed by atoms with Gasteiger partial charge in [-0.05, 0) is 31.2 Å². The maximum Gasteiger partial charge on any atom is 0.257 e. The fraction of sp³-hybridized carbons (Fsp3) is 0.0714. The normalized spacial score (nSPS) is 10.3. The summed E-state index contributed by atoms with van der Waals surface area (Å²) in [7, 11) is 0.